The molecule has 1 aliphatic carbocycles. The summed E-state index contributed by atoms with van der Waals surface area (Å²) in [6.45, 7) is 7.14. The van der Waals surface area contributed by atoms with Gasteiger partial charge in [0.1, 0.15) is 22.5 Å². The molecular formula is C36H41F2N7O7PS+. The summed E-state index contributed by atoms with van der Waals surface area (Å²) in [5.74, 6) is -2.48. The first-order valence-electron chi connectivity index (χ1n) is 17.5. The molecule has 1 saturated carbocycles. The van der Waals surface area contributed by atoms with Gasteiger partial charge in [0.05, 0.1) is 18.4 Å². The number of nitrogens with zero attached hydrogens (tertiary/aromatic N) is 5. The van der Waals surface area contributed by atoms with Gasteiger partial charge in [0.2, 0.25) is 5.95 Å². The van der Waals surface area contributed by atoms with E-state index in [0.717, 1.165) is 37.8 Å². The third kappa shape index (κ3) is 9.51. The molecule has 2 atom stereocenters. The molecule has 0 spiro atoms. The molecule has 3 aromatic heterocycles. The van der Waals surface area contributed by atoms with Gasteiger partial charge in [0, 0.05) is 36.6 Å². The van der Waals surface area contributed by atoms with Crippen LogP contribution in [0.1, 0.15) is 69.6 Å². The summed E-state index contributed by atoms with van der Waals surface area (Å²) in [6, 6.07) is 9.31. The summed E-state index contributed by atoms with van der Waals surface area (Å²) >= 11 is 1.19. The van der Waals surface area contributed by atoms with E-state index in [2.05, 4.69) is 25.5 Å². The van der Waals surface area contributed by atoms with E-state index in [-0.39, 0.29) is 42.1 Å². The van der Waals surface area contributed by atoms with Gasteiger partial charge < -0.3 is 19.3 Å². The van der Waals surface area contributed by atoms with Crippen molar-refractivity contribution >= 4 is 36.7 Å². The highest BCUT2D eigenvalue weighted by Gasteiger charge is 2.42. The van der Waals surface area contributed by atoms with Crippen LogP contribution in [0.3, 0.4) is 0 Å². The van der Waals surface area contributed by atoms with E-state index in [1.807, 2.05) is 11.5 Å². The van der Waals surface area contributed by atoms with Crippen molar-refractivity contribution in [2.24, 2.45) is 0 Å². The van der Waals surface area contributed by atoms with E-state index in [4.69, 9.17) is 18.5 Å². The molecule has 286 valence electrons. The number of allylic oxidation sites excluding steroid dienone is 1. The maximum atomic E-state index is 15.0. The lowest BCUT2D eigenvalue weighted by Gasteiger charge is -2.29. The van der Waals surface area contributed by atoms with Gasteiger partial charge in [-0.25, -0.2) is 23.6 Å². The van der Waals surface area contributed by atoms with Crippen molar-refractivity contribution in [3.05, 3.63) is 95.3 Å². The number of para-hydroxylation sites is 1. The minimum atomic E-state index is -4.14. The molecule has 2 N–H and O–H groups in total. The number of hydrogen-bond acceptors (Lipinski definition) is 11. The topological polar surface area (TPSA) is 159 Å². The second kappa shape index (κ2) is 17.2. The van der Waals surface area contributed by atoms with Gasteiger partial charge in [-0.3, -0.25) is 14.1 Å². The van der Waals surface area contributed by atoms with Gasteiger partial charge in [-0.15, -0.1) is 11.3 Å². The summed E-state index contributed by atoms with van der Waals surface area (Å²) in [4.78, 5) is 34.2. The highest BCUT2D eigenvalue weighted by Crippen LogP contribution is 2.45. The van der Waals surface area contributed by atoms with E-state index in [0.29, 0.717) is 28.6 Å². The van der Waals surface area contributed by atoms with Gasteiger partial charge in [0.15, 0.2) is 36.2 Å². The van der Waals surface area contributed by atoms with Crippen LogP contribution in [0.4, 0.5) is 8.78 Å². The number of benzene rings is 1. The Balaban J connectivity index is 1.12. The van der Waals surface area contributed by atoms with Crippen LogP contribution in [0.5, 0.6) is 5.75 Å². The Bertz CT molecular complexity index is 2080. The lowest BCUT2D eigenvalue weighted by molar-refractivity contribution is -0.517. The molecule has 1 unspecified atom stereocenters. The van der Waals surface area contributed by atoms with E-state index in [9.17, 15) is 18.5 Å². The van der Waals surface area contributed by atoms with Crippen molar-refractivity contribution < 1.29 is 46.0 Å². The molecule has 54 heavy (non-hydrogen) atoms. The molecular weight excluding hydrogens is 743 g/mol. The van der Waals surface area contributed by atoms with E-state index in [1.165, 1.54) is 29.1 Å². The first-order valence-corrected chi connectivity index (χ1v) is 19.9. The van der Waals surface area contributed by atoms with Crippen LogP contribution in [-0.4, -0.2) is 72.8 Å². The van der Waals surface area contributed by atoms with Crippen LogP contribution in [0.25, 0.3) is 10.6 Å². The molecule has 14 nitrogen and oxygen atoms in total. The number of halogens is 2. The minimum Gasteiger partial charge on any atom is -0.462 e. The van der Waals surface area contributed by atoms with Crippen molar-refractivity contribution in [1.82, 2.24) is 30.2 Å². The highest BCUT2D eigenvalue weighted by atomic mass is 32.1. The lowest BCUT2D eigenvalue weighted by Crippen LogP contribution is -2.45. The molecule has 4 heterocycles. The Morgan fingerprint density at radius 2 is 1.83 bits per heavy atom. The molecule has 4 aromatic rings. The molecule has 0 radical (unpaired) electrons. The normalized spacial score (nSPS) is 18.8. The summed E-state index contributed by atoms with van der Waals surface area (Å²) in [5, 5.41) is 11.7. The summed E-state index contributed by atoms with van der Waals surface area (Å²) in [7, 11) is -4.14. The molecule has 0 saturated heterocycles. The fourth-order valence-corrected chi connectivity index (χ4v) is 8.19. The van der Waals surface area contributed by atoms with Crippen molar-refractivity contribution in [2.45, 2.75) is 84.4 Å². The number of thiazole rings is 1. The molecule has 1 fully saturated rings. The minimum absolute atomic E-state index is 0.00703. The lowest BCUT2D eigenvalue weighted by atomic mass is 9.91. The molecule has 2 aliphatic rings. The quantitative estimate of drug-likeness (QED) is 0.0577. The second-order valence-electron chi connectivity index (χ2n) is 12.9. The van der Waals surface area contributed by atoms with E-state index >= 15 is 4.39 Å². The average Bonchev–Trinajstić information content (AvgIpc) is 3.82. The standard InChI is InChI=1S/C36H40F2N7O7PS/c1-5-49-26-13-11-25(12-14-26)45-19-29(33(45)32-28(37)15-16-31(38)42-32)40-34(46)30-20-54-35(41-30)24-17-39-44(18-24)21-50-53(48,52-27-9-7-6-8-10-27)43-23(4)36(47)51-22(2)3/h6-10,15-20,22-23,25-26H,5,11-14,21H2,1-4H3,(H-,40,42,43,46,48)/p+1/t23-,25?,26?,53?/m0/s1. The zero-order valence-electron chi connectivity index (χ0n) is 30.1. The zero-order valence-corrected chi connectivity index (χ0v) is 31.8. The number of nitrogens with one attached hydrogen (secondary N) is 2. The molecule has 1 aromatic carbocycles. The van der Waals surface area contributed by atoms with Crippen molar-refractivity contribution in [3.63, 3.8) is 0 Å². The Morgan fingerprint density at radius 3 is 2.56 bits per heavy atom. The Kier molecular flexibility index (Phi) is 12.4. The number of carbonyl (C=O) groups is 2. The smallest absolute Gasteiger partial charge is 0.461 e. The highest BCUT2D eigenvalue weighted by molar-refractivity contribution is 7.52. The van der Waals surface area contributed by atoms with Crippen LogP contribution in [0.15, 0.2) is 72.1 Å². The fourth-order valence-electron chi connectivity index (χ4n) is 5.99. The number of aromatic nitrogens is 4. The number of ether oxygens (including phenoxy) is 2. The largest absolute Gasteiger partial charge is 0.462 e. The maximum Gasteiger partial charge on any atom is 0.461 e. The van der Waals surface area contributed by atoms with Crippen LogP contribution in [0, 0.1) is 11.8 Å². The third-order valence-electron chi connectivity index (χ3n) is 8.51. The molecule has 1 aliphatic heterocycles. The number of esters is 1. The molecule has 0 bridgehead atoms. The van der Waals surface area contributed by atoms with Crippen LogP contribution >= 0.6 is 19.1 Å². The van der Waals surface area contributed by atoms with Gasteiger partial charge >= 0.3 is 13.7 Å². The molecule has 1 amide bonds. The third-order valence-corrected chi connectivity index (χ3v) is 11.0. The number of amides is 1. The number of hydrogen-bond donors (Lipinski definition) is 2. The fraction of sp³-hybridized carbons (Fsp3) is 0.389. The van der Waals surface area contributed by atoms with Crippen LogP contribution < -0.4 is 14.9 Å². The van der Waals surface area contributed by atoms with Gasteiger partial charge in [0.25, 0.3) is 11.6 Å². The van der Waals surface area contributed by atoms with E-state index < -0.39 is 37.4 Å². The molecule has 18 heteroatoms. The predicted molar refractivity (Wildman–Crippen MR) is 195 cm³/mol. The van der Waals surface area contributed by atoms with Crippen molar-refractivity contribution in [2.75, 3.05) is 6.61 Å². The van der Waals surface area contributed by atoms with Crippen molar-refractivity contribution in [3.8, 4) is 16.3 Å². The monoisotopic (exact) mass is 784 g/mol. The number of carbonyl (C=O) groups excluding carboxylic acids is 2. The molecule has 6 rings (SSSR count). The number of pyridine rings is 1. The Labute approximate surface area is 314 Å². The average molecular weight is 785 g/mol. The summed E-state index contributed by atoms with van der Waals surface area (Å²) < 4.78 is 68.6. The first-order chi connectivity index (χ1) is 25.9. The van der Waals surface area contributed by atoms with E-state index in [1.54, 1.807) is 62.0 Å². The Hall–Kier alpha value is -4.67. The summed E-state index contributed by atoms with van der Waals surface area (Å²) in [6.07, 6.45) is 7.78. The second-order valence-corrected chi connectivity index (χ2v) is 15.5. The maximum absolute atomic E-state index is 15.0. The van der Waals surface area contributed by atoms with Gasteiger partial charge in [-0.1, -0.05) is 18.2 Å². The predicted octanol–water partition coefficient (Wildman–Crippen LogP) is 6.21. The Morgan fingerprint density at radius 1 is 1.07 bits per heavy atom. The summed E-state index contributed by atoms with van der Waals surface area (Å²) in [5.41, 5.74) is 1.04. The van der Waals surface area contributed by atoms with Crippen LogP contribution in [0.2, 0.25) is 0 Å². The van der Waals surface area contributed by atoms with Crippen molar-refractivity contribution in [1.29, 1.82) is 0 Å². The number of rotatable bonds is 16. The van der Waals surface area contributed by atoms with Crippen LogP contribution in [-0.2, 0) is 30.1 Å². The van der Waals surface area contributed by atoms with Gasteiger partial charge in [-0.05, 0) is 64.8 Å². The van der Waals surface area contributed by atoms with Gasteiger partial charge in [-0.2, -0.15) is 19.2 Å². The first kappa shape index (κ1) is 39.0. The SMILES string of the molecule is CCOC1CCC([N+]2=C(c3nc(F)ccc3F)C(NC(=O)c3csc(-c4cnn(COP(=O)(N[C@@H](C)C(=O)OC(C)C)Oc5ccccc5)c4)n3)=C2)CC1. The zero-order chi connectivity index (χ0) is 38.4.